The van der Waals surface area contributed by atoms with Crippen LogP contribution in [0.4, 0.5) is 0 Å². The summed E-state index contributed by atoms with van der Waals surface area (Å²) in [6, 6.07) is 20.5. The monoisotopic (exact) mass is 278 g/mol. The van der Waals surface area contributed by atoms with Crippen LogP contribution in [0.25, 0.3) is 0 Å². The molecule has 0 unspecified atom stereocenters. The smallest absolute Gasteiger partial charge is 0.0549 e. The molecule has 2 nitrogen and oxygen atoms in total. The van der Waals surface area contributed by atoms with Crippen molar-refractivity contribution in [3.63, 3.8) is 0 Å². The Bertz CT molecular complexity index is 587. The second kappa shape index (κ2) is 7.46. The average Bonchev–Trinajstić information content (AvgIpc) is 2.49. The first-order valence-electron chi connectivity index (χ1n) is 7.09. The lowest BCUT2D eigenvalue weighted by Crippen LogP contribution is -2.32. The third-order valence-electron chi connectivity index (χ3n) is 3.35. The fraction of sp³-hybridized carbons (Fsp3) is 0.158. The van der Waals surface area contributed by atoms with Crippen molar-refractivity contribution in [3.05, 3.63) is 96.2 Å². The summed E-state index contributed by atoms with van der Waals surface area (Å²) in [7, 11) is 0. The van der Waals surface area contributed by atoms with Crippen LogP contribution in [-0.2, 0) is 12.8 Å². The minimum absolute atomic E-state index is 0.626. The Morgan fingerprint density at radius 1 is 0.810 bits per heavy atom. The summed E-state index contributed by atoms with van der Waals surface area (Å²) in [5, 5.41) is 1.69. The SMILES string of the molecule is C=C(Cc1ccccc1)CN(N)C(=C)Cc1ccccc1. The van der Waals surface area contributed by atoms with E-state index in [1.165, 1.54) is 11.1 Å². The highest BCUT2D eigenvalue weighted by Crippen LogP contribution is 2.11. The van der Waals surface area contributed by atoms with Crippen LogP contribution in [0.3, 0.4) is 0 Å². The summed E-state index contributed by atoms with van der Waals surface area (Å²) >= 11 is 0. The summed E-state index contributed by atoms with van der Waals surface area (Å²) in [5.74, 6) is 6.09. The van der Waals surface area contributed by atoms with E-state index in [1.807, 2.05) is 36.4 Å². The van der Waals surface area contributed by atoms with Gasteiger partial charge in [0.2, 0.25) is 0 Å². The molecule has 0 spiro atoms. The molecule has 0 atom stereocenters. The molecule has 2 N–H and O–H groups in total. The van der Waals surface area contributed by atoms with Crippen LogP contribution < -0.4 is 5.84 Å². The molecule has 0 saturated heterocycles. The summed E-state index contributed by atoms with van der Waals surface area (Å²) in [6.45, 7) is 8.81. The molecule has 0 aliphatic carbocycles. The predicted octanol–water partition coefficient (Wildman–Crippen LogP) is 3.72. The van der Waals surface area contributed by atoms with E-state index in [4.69, 9.17) is 5.84 Å². The molecule has 0 aliphatic heterocycles. The van der Waals surface area contributed by atoms with Gasteiger partial charge < -0.3 is 5.01 Å². The lowest BCUT2D eigenvalue weighted by Gasteiger charge is -2.22. The second-order valence-corrected chi connectivity index (χ2v) is 5.27. The topological polar surface area (TPSA) is 29.3 Å². The highest BCUT2D eigenvalue weighted by molar-refractivity contribution is 5.23. The van der Waals surface area contributed by atoms with Crippen molar-refractivity contribution in [2.24, 2.45) is 5.84 Å². The normalized spacial score (nSPS) is 10.1. The zero-order chi connectivity index (χ0) is 15.1. The van der Waals surface area contributed by atoms with Crippen molar-refractivity contribution in [3.8, 4) is 0 Å². The van der Waals surface area contributed by atoms with Gasteiger partial charge in [-0.3, -0.25) is 0 Å². The number of rotatable bonds is 7. The van der Waals surface area contributed by atoms with E-state index < -0.39 is 0 Å². The van der Waals surface area contributed by atoms with E-state index in [0.29, 0.717) is 6.54 Å². The second-order valence-electron chi connectivity index (χ2n) is 5.27. The molecule has 2 rings (SSSR count). The number of nitrogens with zero attached hydrogens (tertiary/aromatic N) is 1. The van der Waals surface area contributed by atoms with Gasteiger partial charge in [-0.05, 0) is 17.5 Å². The maximum Gasteiger partial charge on any atom is 0.0549 e. The Labute approximate surface area is 127 Å². The quantitative estimate of drug-likeness (QED) is 0.475. The highest BCUT2D eigenvalue weighted by atomic mass is 15.4. The third-order valence-corrected chi connectivity index (χ3v) is 3.35. The van der Waals surface area contributed by atoms with Gasteiger partial charge >= 0.3 is 0 Å². The van der Waals surface area contributed by atoms with Crippen LogP contribution >= 0.6 is 0 Å². The number of hydrogen-bond acceptors (Lipinski definition) is 2. The molecular weight excluding hydrogens is 256 g/mol. The van der Waals surface area contributed by atoms with Gasteiger partial charge in [0, 0.05) is 12.1 Å². The number of nitrogens with two attached hydrogens (primary N) is 1. The van der Waals surface area contributed by atoms with Crippen LogP contribution in [0.15, 0.2) is 85.1 Å². The van der Waals surface area contributed by atoms with Crippen LogP contribution in [0.1, 0.15) is 11.1 Å². The Kier molecular flexibility index (Phi) is 5.35. The lowest BCUT2D eigenvalue weighted by molar-refractivity contribution is 0.380. The molecule has 108 valence electrons. The van der Waals surface area contributed by atoms with Gasteiger partial charge in [0.05, 0.1) is 6.54 Å². The molecular formula is C19H22N2. The van der Waals surface area contributed by atoms with Crippen LogP contribution in [0.5, 0.6) is 0 Å². The van der Waals surface area contributed by atoms with E-state index >= 15 is 0 Å². The van der Waals surface area contributed by atoms with E-state index in [2.05, 4.69) is 37.4 Å². The molecule has 0 aromatic heterocycles. The van der Waals surface area contributed by atoms with Crippen LogP contribution in [0, 0.1) is 0 Å². The first kappa shape index (κ1) is 15.1. The fourth-order valence-corrected chi connectivity index (χ4v) is 2.23. The molecule has 2 heteroatoms. The van der Waals surface area contributed by atoms with Gasteiger partial charge in [0.1, 0.15) is 0 Å². The first-order valence-corrected chi connectivity index (χ1v) is 7.09. The molecule has 0 saturated carbocycles. The minimum Gasteiger partial charge on any atom is -0.311 e. The lowest BCUT2D eigenvalue weighted by atomic mass is 10.1. The minimum atomic E-state index is 0.626. The molecule has 0 heterocycles. The van der Waals surface area contributed by atoms with Gasteiger partial charge in [-0.15, -0.1) is 0 Å². The molecule has 2 aromatic rings. The fourth-order valence-electron chi connectivity index (χ4n) is 2.23. The average molecular weight is 278 g/mol. The maximum absolute atomic E-state index is 6.09. The van der Waals surface area contributed by atoms with Gasteiger partial charge in [-0.2, -0.15) is 0 Å². The van der Waals surface area contributed by atoms with E-state index in [9.17, 15) is 0 Å². The number of benzene rings is 2. The molecule has 0 fully saturated rings. The molecule has 0 aliphatic rings. The Morgan fingerprint density at radius 3 is 1.81 bits per heavy atom. The Hall–Kier alpha value is -2.32. The third kappa shape index (κ3) is 4.93. The molecule has 21 heavy (non-hydrogen) atoms. The number of hydrogen-bond donors (Lipinski definition) is 1. The summed E-state index contributed by atoms with van der Waals surface area (Å²) in [5.41, 5.74) is 4.45. The van der Waals surface area contributed by atoms with E-state index in [0.717, 1.165) is 24.1 Å². The Morgan fingerprint density at radius 2 is 1.29 bits per heavy atom. The Balaban J connectivity index is 1.84. The van der Waals surface area contributed by atoms with Gasteiger partial charge in [0.25, 0.3) is 0 Å². The largest absolute Gasteiger partial charge is 0.311 e. The van der Waals surface area contributed by atoms with Crippen molar-refractivity contribution in [1.29, 1.82) is 0 Å². The van der Waals surface area contributed by atoms with Crippen molar-refractivity contribution in [2.45, 2.75) is 12.8 Å². The number of allylic oxidation sites excluding steroid dienone is 1. The van der Waals surface area contributed by atoms with Gasteiger partial charge in [-0.1, -0.05) is 79.4 Å². The summed E-state index contributed by atoms with van der Waals surface area (Å²) < 4.78 is 0. The highest BCUT2D eigenvalue weighted by Gasteiger charge is 2.06. The summed E-state index contributed by atoms with van der Waals surface area (Å²) in [6.07, 6.45) is 1.60. The van der Waals surface area contributed by atoms with Crippen molar-refractivity contribution in [1.82, 2.24) is 5.01 Å². The maximum atomic E-state index is 6.09. The molecule has 0 radical (unpaired) electrons. The molecule has 0 bridgehead atoms. The standard InChI is InChI=1S/C19H22N2/c1-16(13-18-9-5-3-6-10-18)15-21(20)17(2)14-19-11-7-4-8-12-19/h3-12H,1-2,13-15,20H2. The molecule has 2 aromatic carbocycles. The number of hydrazine groups is 1. The van der Waals surface area contributed by atoms with Gasteiger partial charge in [-0.25, -0.2) is 5.84 Å². The first-order chi connectivity index (χ1) is 10.1. The van der Waals surface area contributed by atoms with Crippen LogP contribution in [-0.4, -0.2) is 11.6 Å². The zero-order valence-corrected chi connectivity index (χ0v) is 12.3. The van der Waals surface area contributed by atoms with Crippen molar-refractivity contribution < 1.29 is 0 Å². The predicted molar refractivity (Wildman–Crippen MR) is 89.5 cm³/mol. The molecule has 0 amide bonds. The van der Waals surface area contributed by atoms with Crippen LogP contribution in [0.2, 0.25) is 0 Å². The van der Waals surface area contributed by atoms with E-state index in [-0.39, 0.29) is 0 Å². The van der Waals surface area contributed by atoms with Crippen molar-refractivity contribution >= 4 is 0 Å². The van der Waals surface area contributed by atoms with Gasteiger partial charge in [0.15, 0.2) is 0 Å². The van der Waals surface area contributed by atoms with E-state index in [1.54, 1.807) is 5.01 Å². The summed E-state index contributed by atoms with van der Waals surface area (Å²) in [4.78, 5) is 0. The zero-order valence-electron chi connectivity index (χ0n) is 12.3. The van der Waals surface area contributed by atoms with Crippen molar-refractivity contribution in [2.75, 3.05) is 6.54 Å².